The van der Waals surface area contributed by atoms with Crippen LogP contribution in [0.1, 0.15) is 6.92 Å². The molecule has 1 N–H and O–H groups in total. The molecular formula is C13H19NO5. The largest absolute Gasteiger partial charge is 0.493 e. The third kappa shape index (κ3) is 3.51. The fraction of sp³-hybridized carbons (Fsp3) is 0.462. The fourth-order valence-electron chi connectivity index (χ4n) is 1.50. The van der Waals surface area contributed by atoms with Crippen molar-refractivity contribution in [2.75, 3.05) is 33.8 Å². The Morgan fingerprint density at radius 2 is 1.58 bits per heavy atom. The average molecular weight is 269 g/mol. The van der Waals surface area contributed by atoms with E-state index in [4.69, 9.17) is 18.9 Å². The molecule has 0 bridgehead atoms. The molecule has 0 aliphatic carbocycles. The van der Waals surface area contributed by atoms with Crippen LogP contribution in [0.25, 0.3) is 0 Å². The van der Waals surface area contributed by atoms with Crippen LogP contribution in [0.3, 0.4) is 0 Å². The molecule has 0 spiro atoms. The van der Waals surface area contributed by atoms with Gasteiger partial charge in [0, 0.05) is 24.9 Å². The second-order valence-electron chi connectivity index (χ2n) is 3.78. The van der Waals surface area contributed by atoms with Crippen LogP contribution < -0.4 is 19.5 Å². The van der Waals surface area contributed by atoms with Crippen molar-refractivity contribution in [1.82, 2.24) is 0 Å². The van der Waals surface area contributed by atoms with Crippen LogP contribution in [0.4, 0.5) is 5.69 Å². The van der Waals surface area contributed by atoms with Crippen LogP contribution in [0.2, 0.25) is 0 Å². The molecule has 0 saturated heterocycles. The minimum atomic E-state index is -0.543. The maximum Gasteiger partial charge on any atom is 0.253 e. The molecule has 0 aliphatic heterocycles. The maximum atomic E-state index is 11.7. The Balaban J connectivity index is 3.06. The number of hydrogen-bond acceptors (Lipinski definition) is 5. The van der Waals surface area contributed by atoms with Gasteiger partial charge in [0.25, 0.3) is 5.91 Å². The summed E-state index contributed by atoms with van der Waals surface area (Å²) in [6.07, 6.45) is -0.543. The molecule has 19 heavy (non-hydrogen) atoms. The van der Waals surface area contributed by atoms with E-state index in [1.807, 2.05) is 0 Å². The van der Waals surface area contributed by atoms with Crippen molar-refractivity contribution in [3.05, 3.63) is 12.1 Å². The van der Waals surface area contributed by atoms with Crippen molar-refractivity contribution >= 4 is 11.6 Å². The van der Waals surface area contributed by atoms with E-state index in [-0.39, 0.29) is 5.91 Å². The average Bonchev–Trinajstić information content (AvgIpc) is 2.44. The molecule has 0 aliphatic rings. The minimum Gasteiger partial charge on any atom is -0.493 e. The van der Waals surface area contributed by atoms with E-state index in [2.05, 4.69) is 5.32 Å². The van der Waals surface area contributed by atoms with E-state index in [0.717, 1.165) is 0 Å². The minimum absolute atomic E-state index is 0.253. The Morgan fingerprint density at radius 1 is 1.05 bits per heavy atom. The summed E-state index contributed by atoms with van der Waals surface area (Å²) in [6.45, 7) is 1.66. The Labute approximate surface area is 112 Å². The quantitative estimate of drug-likeness (QED) is 0.851. The summed E-state index contributed by atoms with van der Waals surface area (Å²) in [5.41, 5.74) is 0.545. The van der Waals surface area contributed by atoms with Crippen molar-refractivity contribution < 1.29 is 23.7 Å². The number of ether oxygens (including phenoxy) is 4. The van der Waals surface area contributed by atoms with Gasteiger partial charge in [-0.2, -0.15) is 0 Å². The molecule has 0 saturated carbocycles. The molecule has 1 unspecified atom stereocenters. The normalized spacial score (nSPS) is 11.6. The Kier molecular flexibility index (Phi) is 5.44. The van der Waals surface area contributed by atoms with Gasteiger partial charge in [0.1, 0.15) is 6.10 Å². The second-order valence-corrected chi connectivity index (χ2v) is 3.78. The van der Waals surface area contributed by atoms with E-state index < -0.39 is 6.10 Å². The molecule has 1 atom stereocenters. The summed E-state index contributed by atoms with van der Waals surface area (Å²) >= 11 is 0. The molecule has 0 aromatic heterocycles. The molecule has 0 radical (unpaired) electrons. The molecule has 1 aromatic rings. The smallest absolute Gasteiger partial charge is 0.253 e. The van der Waals surface area contributed by atoms with Crippen molar-refractivity contribution in [2.24, 2.45) is 0 Å². The lowest BCUT2D eigenvalue weighted by Gasteiger charge is -2.15. The van der Waals surface area contributed by atoms with Crippen LogP contribution in [0.5, 0.6) is 17.2 Å². The Hall–Kier alpha value is -1.95. The van der Waals surface area contributed by atoms with Crippen molar-refractivity contribution in [2.45, 2.75) is 13.0 Å². The van der Waals surface area contributed by atoms with E-state index >= 15 is 0 Å². The zero-order chi connectivity index (χ0) is 14.4. The van der Waals surface area contributed by atoms with Gasteiger partial charge in [-0.05, 0) is 6.92 Å². The predicted molar refractivity (Wildman–Crippen MR) is 71.2 cm³/mol. The van der Waals surface area contributed by atoms with E-state index in [1.165, 1.54) is 28.4 Å². The van der Waals surface area contributed by atoms with Crippen LogP contribution in [0, 0.1) is 0 Å². The van der Waals surface area contributed by atoms with Gasteiger partial charge in [0.15, 0.2) is 11.5 Å². The number of carbonyl (C=O) groups excluding carboxylic acids is 1. The number of carbonyl (C=O) groups is 1. The van der Waals surface area contributed by atoms with Crippen molar-refractivity contribution in [3.63, 3.8) is 0 Å². The van der Waals surface area contributed by atoms with Crippen LogP contribution >= 0.6 is 0 Å². The number of rotatable bonds is 6. The first-order valence-corrected chi connectivity index (χ1v) is 5.71. The standard InChI is InChI=1S/C13H19NO5/c1-8(16-2)13(15)14-9-6-10(17-3)12(19-5)11(7-9)18-4/h6-8H,1-5H3,(H,14,15). The maximum absolute atomic E-state index is 11.7. The molecule has 1 aromatic carbocycles. The van der Waals surface area contributed by atoms with Crippen LogP contribution in [-0.4, -0.2) is 40.5 Å². The Morgan fingerprint density at radius 3 is 1.95 bits per heavy atom. The summed E-state index contributed by atoms with van der Waals surface area (Å²) in [4.78, 5) is 11.7. The van der Waals surface area contributed by atoms with Gasteiger partial charge in [-0.15, -0.1) is 0 Å². The third-order valence-corrected chi connectivity index (χ3v) is 2.66. The van der Waals surface area contributed by atoms with Gasteiger partial charge in [-0.1, -0.05) is 0 Å². The SMILES string of the molecule is COc1cc(NC(=O)C(C)OC)cc(OC)c1OC. The first-order chi connectivity index (χ1) is 9.07. The number of anilines is 1. The fourth-order valence-corrected chi connectivity index (χ4v) is 1.50. The van der Waals surface area contributed by atoms with Crippen molar-refractivity contribution in [3.8, 4) is 17.2 Å². The van der Waals surface area contributed by atoms with Gasteiger partial charge in [0.2, 0.25) is 5.75 Å². The predicted octanol–water partition coefficient (Wildman–Crippen LogP) is 1.69. The van der Waals surface area contributed by atoms with Gasteiger partial charge in [-0.25, -0.2) is 0 Å². The molecule has 0 fully saturated rings. The Bertz CT molecular complexity index is 422. The van der Waals surface area contributed by atoms with Gasteiger partial charge >= 0.3 is 0 Å². The molecule has 1 rings (SSSR count). The highest BCUT2D eigenvalue weighted by Gasteiger charge is 2.16. The molecule has 106 valence electrons. The molecule has 0 heterocycles. The number of nitrogens with one attached hydrogen (secondary N) is 1. The summed E-state index contributed by atoms with van der Waals surface area (Å²) in [6, 6.07) is 3.31. The zero-order valence-electron chi connectivity index (χ0n) is 11.8. The van der Waals surface area contributed by atoms with E-state index in [0.29, 0.717) is 22.9 Å². The lowest BCUT2D eigenvalue weighted by Crippen LogP contribution is -2.26. The molecule has 6 nitrogen and oxygen atoms in total. The van der Waals surface area contributed by atoms with E-state index in [1.54, 1.807) is 19.1 Å². The lowest BCUT2D eigenvalue weighted by molar-refractivity contribution is -0.124. The third-order valence-electron chi connectivity index (χ3n) is 2.66. The highest BCUT2D eigenvalue weighted by Crippen LogP contribution is 2.39. The number of benzene rings is 1. The topological polar surface area (TPSA) is 66.0 Å². The second kappa shape index (κ2) is 6.84. The molecule has 6 heteroatoms. The summed E-state index contributed by atoms with van der Waals surface area (Å²) in [7, 11) is 6.02. The highest BCUT2D eigenvalue weighted by molar-refractivity contribution is 5.94. The summed E-state index contributed by atoms with van der Waals surface area (Å²) in [5, 5.41) is 2.71. The number of methoxy groups -OCH3 is 4. The van der Waals surface area contributed by atoms with Crippen LogP contribution in [0.15, 0.2) is 12.1 Å². The number of hydrogen-bond donors (Lipinski definition) is 1. The van der Waals surface area contributed by atoms with Gasteiger partial charge in [0.05, 0.1) is 21.3 Å². The van der Waals surface area contributed by atoms with Gasteiger partial charge < -0.3 is 24.3 Å². The monoisotopic (exact) mass is 269 g/mol. The molecule has 1 amide bonds. The van der Waals surface area contributed by atoms with E-state index in [9.17, 15) is 4.79 Å². The lowest BCUT2D eigenvalue weighted by atomic mass is 10.2. The first kappa shape index (κ1) is 15.1. The van der Waals surface area contributed by atoms with Crippen molar-refractivity contribution in [1.29, 1.82) is 0 Å². The highest BCUT2D eigenvalue weighted by atomic mass is 16.5. The zero-order valence-corrected chi connectivity index (χ0v) is 11.8. The summed E-state index contributed by atoms with van der Waals surface area (Å²) in [5.74, 6) is 1.17. The first-order valence-electron chi connectivity index (χ1n) is 5.71. The number of amides is 1. The summed E-state index contributed by atoms with van der Waals surface area (Å²) < 4.78 is 20.5. The molecular weight excluding hydrogens is 250 g/mol. The van der Waals surface area contributed by atoms with Crippen LogP contribution in [-0.2, 0) is 9.53 Å². The van der Waals surface area contributed by atoms with Gasteiger partial charge in [-0.3, -0.25) is 4.79 Å².